The van der Waals surface area contributed by atoms with Crippen LogP contribution >= 0.6 is 0 Å². The second-order valence-electron chi connectivity index (χ2n) is 18.7. The summed E-state index contributed by atoms with van der Waals surface area (Å²) in [5.41, 5.74) is 2.10. The van der Waals surface area contributed by atoms with Crippen molar-refractivity contribution in [3.63, 3.8) is 0 Å². The Morgan fingerprint density at radius 2 is 1.33 bits per heavy atom. The predicted octanol–water partition coefficient (Wildman–Crippen LogP) is 12.6. The summed E-state index contributed by atoms with van der Waals surface area (Å²) in [6.07, 6.45) is 4.20. The first kappa shape index (κ1) is 24.5. The lowest BCUT2D eigenvalue weighted by Gasteiger charge is -2.42. The molecule has 0 N–H and O–H groups in total. The van der Waals surface area contributed by atoms with Gasteiger partial charge in [-0.3, -0.25) is 0 Å². The van der Waals surface area contributed by atoms with Crippen molar-refractivity contribution in [2.45, 2.75) is 111 Å². The summed E-state index contributed by atoms with van der Waals surface area (Å²) in [6, 6.07) is 12.1. The lowest BCUT2D eigenvalue weighted by atomic mass is 9.33. The number of aryl methyl sites for hydroxylation is 2. The van der Waals surface area contributed by atoms with Gasteiger partial charge in [-0.15, -0.1) is 0 Å². The van der Waals surface area contributed by atoms with Crippen LogP contribution in [0.1, 0.15) is 126 Å². The van der Waals surface area contributed by atoms with Crippen molar-refractivity contribution in [1.29, 1.82) is 0 Å². The third kappa shape index (κ3) is 5.77. The van der Waals surface area contributed by atoms with Gasteiger partial charge in [0.25, 0.3) is 6.71 Å². The standard InChI is InChI=1S/C53H55BN2O/c1-33-13-21-40-41-22-14-34(2)28-46(41)56(45(40)27-33)39-31-47-50-49(32-39)57-48-24-18-37(53(9)25-11-10-12-26-53)30-43(48)54(50)42-29-36(52(6,7)8)17-23-44(42)55(47)38-19-15-35(16-20-38)51(3,4)5/h13-24,27-32H,10-12,25-26H2,1-9H3/i1D3,15D,16D,17D,18D,19D,20D,23D,24D,29D,30D. The summed E-state index contributed by atoms with van der Waals surface area (Å²) in [5, 5.41) is 1.58. The molecule has 1 aliphatic carbocycles. The monoisotopic (exact) mass is 760 g/mol. The van der Waals surface area contributed by atoms with E-state index in [9.17, 15) is 13.7 Å². The first-order valence-electron chi connectivity index (χ1n) is 26.7. The van der Waals surface area contributed by atoms with E-state index in [0.717, 1.165) is 35.6 Å². The fourth-order valence-corrected chi connectivity index (χ4v) is 9.13. The van der Waals surface area contributed by atoms with Gasteiger partial charge in [-0.05, 0) is 129 Å². The zero-order chi connectivity index (χ0) is 50.8. The fourth-order valence-electron chi connectivity index (χ4n) is 9.13. The van der Waals surface area contributed by atoms with E-state index in [1.807, 2.05) is 78.2 Å². The third-order valence-corrected chi connectivity index (χ3v) is 12.4. The summed E-state index contributed by atoms with van der Waals surface area (Å²) in [5.74, 6) is 0.122. The van der Waals surface area contributed by atoms with Crippen LogP contribution in [-0.2, 0) is 16.2 Å². The maximum Gasteiger partial charge on any atom is 0.256 e. The van der Waals surface area contributed by atoms with Gasteiger partial charge in [0, 0.05) is 38.0 Å². The quantitative estimate of drug-likeness (QED) is 0.167. The molecule has 0 radical (unpaired) electrons. The SMILES string of the molecule is [2H]c1c([2H])c(C2(C)CCCCC2)c([2H])c2c1Oc1cc(-n3c4cc(C)ccc4c4ccc(C([2H])([2H])[2H])cc43)cc3c1B2c1c([2H])c(C(C)(C)C)c([2H])c([2H])c1N3c1c([2H])c([2H])c(C(C)(C)C)c([2H])c1[2H]. The minimum Gasteiger partial charge on any atom is -0.458 e. The first-order chi connectivity index (χ1) is 32.6. The number of fused-ring (bicyclic) bond motifs is 7. The maximum atomic E-state index is 10.2. The van der Waals surface area contributed by atoms with Crippen LogP contribution in [0.2, 0.25) is 0 Å². The van der Waals surface area contributed by atoms with Crippen molar-refractivity contribution in [3.05, 3.63) is 137 Å². The molecule has 1 aromatic heterocycles. The molecule has 57 heavy (non-hydrogen) atoms. The molecule has 3 nitrogen and oxygen atoms in total. The van der Waals surface area contributed by atoms with Crippen LogP contribution in [0.4, 0.5) is 17.1 Å². The van der Waals surface area contributed by atoms with Crippen LogP contribution in [0.3, 0.4) is 0 Å². The van der Waals surface area contributed by atoms with Gasteiger partial charge in [0.05, 0.1) is 30.4 Å². The molecule has 0 unspecified atom stereocenters. The molecule has 0 atom stereocenters. The topological polar surface area (TPSA) is 17.4 Å². The van der Waals surface area contributed by atoms with Gasteiger partial charge in [-0.25, -0.2) is 0 Å². The highest BCUT2D eigenvalue weighted by atomic mass is 16.5. The third-order valence-electron chi connectivity index (χ3n) is 12.4. The lowest BCUT2D eigenvalue weighted by Crippen LogP contribution is -2.60. The molecular weight excluding hydrogens is 691 g/mol. The van der Waals surface area contributed by atoms with Crippen molar-refractivity contribution in [2.75, 3.05) is 4.90 Å². The number of ether oxygens (including phenoxy) is 1. The number of rotatable bonds is 3. The molecule has 6 aromatic carbocycles. The minimum absolute atomic E-state index is 0.00230. The van der Waals surface area contributed by atoms with E-state index in [1.54, 1.807) is 30.3 Å². The van der Waals surface area contributed by atoms with E-state index in [4.69, 9.17) is 8.85 Å². The Hall–Kier alpha value is -5.22. The van der Waals surface area contributed by atoms with Gasteiger partial charge >= 0.3 is 0 Å². The molecule has 3 aliphatic rings. The van der Waals surface area contributed by atoms with Crippen LogP contribution in [0, 0.1) is 13.8 Å². The molecule has 0 saturated heterocycles. The maximum absolute atomic E-state index is 10.2. The fraction of sp³-hybridized carbons (Fsp3) is 0.321. The summed E-state index contributed by atoms with van der Waals surface area (Å²) in [4.78, 5) is 1.47. The van der Waals surface area contributed by atoms with Crippen molar-refractivity contribution in [1.82, 2.24) is 4.57 Å². The summed E-state index contributed by atoms with van der Waals surface area (Å²) in [7, 11) is 0. The second kappa shape index (κ2) is 12.6. The van der Waals surface area contributed by atoms with Gasteiger partial charge in [-0.2, -0.15) is 0 Å². The summed E-state index contributed by atoms with van der Waals surface area (Å²) < 4.78 is 132. The number of anilines is 3. The zero-order valence-corrected chi connectivity index (χ0v) is 34.0. The lowest BCUT2D eigenvalue weighted by molar-refractivity contribution is 0.319. The number of benzene rings is 6. The van der Waals surface area contributed by atoms with E-state index < -0.39 is 41.9 Å². The molecule has 4 heteroatoms. The van der Waals surface area contributed by atoms with Gasteiger partial charge in [0.1, 0.15) is 11.5 Å². The molecule has 1 fully saturated rings. The van der Waals surface area contributed by atoms with E-state index in [2.05, 4.69) is 0 Å². The average Bonchev–Trinajstić information content (AvgIpc) is 3.58. The summed E-state index contributed by atoms with van der Waals surface area (Å²) in [6.45, 7) is 11.5. The zero-order valence-electron chi connectivity index (χ0n) is 47.0. The Balaban J connectivity index is 1.43. The predicted molar refractivity (Wildman–Crippen MR) is 244 cm³/mol. The number of hydrogen-bond donors (Lipinski definition) is 0. The number of hydrogen-bond acceptors (Lipinski definition) is 2. The Morgan fingerprint density at radius 1 is 0.667 bits per heavy atom. The van der Waals surface area contributed by atoms with E-state index in [-0.39, 0.29) is 105 Å². The first-order valence-corrected chi connectivity index (χ1v) is 20.2. The van der Waals surface area contributed by atoms with Crippen LogP contribution in [0.5, 0.6) is 11.5 Å². The molecule has 7 aromatic rings. The van der Waals surface area contributed by atoms with Crippen LogP contribution < -0.4 is 26.0 Å². The molecule has 0 bridgehead atoms. The van der Waals surface area contributed by atoms with Crippen LogP contribution in [-0.4, -0.2) is 11.3 Å². The second-order valence-corrected chi connectivity index (χ2v) is 18.7. The molecule has 0 amide bonds. The van der Waals surface area contributed by atoms with Crippen molar-refractivity contribution >= 4 is 62.0 Å². The molecule has 10 rings (SSSR count). The van der Waals surface area contributed by atoms with Crippen LogP contribution in [0.15, 0.2) is 109 Å². The Bertz CT molecular complexity index is 3420. The van der Waals surface area contributed by atoms with Gasteiger partial charge in [0.2, 0.25) is 0 Å². The summed E-state index contributed by atoms with van der Waals surface area (Å²) >= 11 is 0. The highest BCUT2D eigenvalue weighted by Gasteiger charge is 2.44. The van der Waals surface area contributed by atoms with E-state index >= 15 is 0 Å². The normalized spacial score (nSPS) is 19.5. The molecule has 1 saturated carbocycles. The largest absolute Gasteiger partial charge is 0.458 e. The Morgan fingerprint density at radius 3 is 2.02 bits per heavy atom. The highest BCUT2D eigenvalue weighted by Crippen LogP contribution is 2.46. The molecule has 0 spiro atoms. The van der Waals surface area contributed by atoms with E-state index in [0.29, 0.717) is 40.6 Å². The molecule has 2 aliphatic heterocycles. The molecule has 3 heterocycles. The Kier molecular flexibility index (Phi) is 5.44. The van der Waals surface area contributed by atoms with Crippen LogP contribution in [0.25, 0.3) is 27.5 Å². The van der Waals surface area contributed by atoms with Crippen molar-refractivity contribution < 1.29 is 22.6 Å². The number of aromatic nitrogens is 1. The molecular formula is C53H55BN2O. The smallest absolute Gasteiger partial charge is 0.256 e. The number of nitrogens with zero attached hydrogens (tertiary/aromatic N) is 2. The highest BCUT2D eigenvalue weighted by molar-refractivity contribution is 6.99. The van der Waals surface area contributed by atoms with Gasteiger partial charge < -0.3 is 14.2 Å². The molecule has 286 valence electrons. The van der Waals surface area contributed by atoms with Gasteiger partial charge in [0.15, 0.2) is 0 Å². The van der Waals surface area contributed by atoms with E-state index in [1.165, 1.54) is 4.90 Å². The van der Waals surface area contributed by atoms with Gasteiger partial charge in [-0.1, -0.05) is 128 Å². The minimum atomic E-state index is -2.46. The Labute approximate surface area is 358 Å². The average molecular weight is 760 g/mol. The van der Waals surface area contributed by atoms with Crippen molar-refractivity contribution in [2.24, 2.45) is 0 Å². The van der Waals surface area contributed by atoms with Crippen molar-refractivity contribution in [3.8, 4) is 17.2 Å².